The third-order valence-corrected chi connectivity index (χ3v) is 3.77. The van der Waals surface area contributed by atoms with E-state index >= 15 is 0 Å². The molecule has 2 amide bonds. The summed E-state index contributed by atoms with van der Waals surface area (Å²) >= 11 is 0.882. The van der Waals surface area contributed by atoms with Gasteiger partial charge in [0.15, 0.2) is 0 Å². The van der Waals surface area contributed by atoms with Crippen molar-refractivity contribution in [1.82, 2.24) is 4.90 Å². The summed E-state index contributed by atoms with van der Waals surface area (Å²) in [6, 6.07) is -1.02. The van der Waals surface area contributed by atoms with E-state index in [-0.39, 0.29) is 5.75 Å². The summed E-state index contributed by atoms with van der Waals surface area (Å²) in [4.78, 5) is 35.4. The molecule has 6 heteroatoms. The minimum absolute atomic E-state index is 0.139. The number of carbonyl (C=O) groups excluding carboxylic acids is 2. The van der Waals surface area contributed by atoms with Crippen molar-refractivity contribution in [1.29, 1.82) is 0 Å². The average molecular weight is 245 g/mol. The Morgan fingerprint density at radius 3 is 2.56 bits per heavy atom. The molecule has 90 valence electrons. The summed E-state index contributed by atoms with van der Waals surface area (Å²) in [5.41, 5.74) is -0.700. The van der Waals surface area contributed by atoms with E-state index in [0.29, 0.717) is 6.42 Å². The SMILES string of the molecule is CCC(C)(C)C(=O)N1C(=O)SCC1C(=O)O. The Morgan fingerprint density at radius 1 is 1.56 bits per heavy atom. The summed E-state index contributed by atoms with van der Waals surface area (Å²) in [5.74, 6) is -1.39. The zero-order valence-electron chi connectivity index (χ0n) is 9.52. The van der Waals surface area contributed by atoms with E-state index in [1.165, 1.54) is 0 Å². The number of amides is 2. The Morgan fingerprint density at radius 2 is 2.12 bits per heavy atom. The Balaban J connectivity index is 2.96. The number of nitrogens with zero attached hydrogens (tertiary/aromatic N) is 1. The van der Waals surface area contributed by atoms with E-state index < -0.39 is 28.6 Å². The molecule has 1 atom stereocenters. The molecule has 1 rings (SSSR count). The smallest absolute Gasteiger partial charge is 0.327 e. The lowest BCUT2D eigenvalue weighted by Crippen LogP contribution is -2.48. The molecule has 0 saturated carbocycles. The molecule has 1 N–H and O–H groups in total. The molecular weight excluding hydrogens is 230 g/mol. The van der Waals surface area contributed by atoms with Crippen LogP contribution in [0.2, 0.25) is 0 Å². The molecular formula is C10H15NO4S. The molecule has 0 aromatic rings. The van der Waals surface area contributed by atoms with Crippen molar-refractivity contribution in [2.24, 2.45) is 5.41 Å². The number of thioether (sulfide) groups is 1. The molecule has 5 nitrogen and oxygen atoms in total. The van der Waals surface area contributed by atoms with Gasteiger partial charge in [-0.05, 0) is 6.42 Å². The topological polar surface area (TPSA) is 74.7 Å². The predicted octanol–water partition coefficient (Wildman–Crippen LogP) is 1.57. The van der Waals surface area contributed by atoms with Crippen LogP contribution in [0, 0.1) is 5.41 Å². The molecule has 0 aromatic heterocycles. The zero-order valence-corrected chi connectivity index (χ0v) is 10.3. The van der Waals surface area contributed by atoms with Gasteiger partial charge in [-0.25, -0.2) is 4.79 Å². The third kappa shape index (κ3) is 2.21. The maximum Gasteiger partial charge on any atom is 0.327 e. The van der Waals surface area contributed by atoms with Crippen LogP contribution in [-0.4, -0.2) is 38.9 Å². The van der Waals surface area contributed by atoms with Crippen LogP contribution in [0.25, 0.3) is 0 Å². The number of rotatable bonds is 3. The molecule has 0 radical (unpaired) electrons. The van der Waals surface area contributed by atoms with E-state index in [9.17, 15) is 14.4 Å². The highest BCUT2D eigenvalue weighted by Crippen LogP contribution is 2.31. The molecule has 0 aliphatic carbocycles. The van der Waals surface area contributed by atoms with Crippen LogP contribution < -0.4 is 0 Å². The monoisotopic (exact) mass is 245 g/mol. The number of carboxylic acid groups (broad SMARTS) is 1. The second-order valence-corrected chi connectivity index (χ2v) is 5.31. The predicted molar refractivity (Wildman–Crippen MR) is 60.2 cm³/mol. The summed E-state index contributed by atoms with van der Waals surface area (Å²) in [5, 5.41) is 8.47. The standard InChI is InChI=1S/C10H15NO4S/c1-4-10(2,3)8(14)11-6(7(12)13)5-16-9(11)15/h6H,4-5H2,1-3H3,(H,12,13). The normalized spacial score (nSPS) is 21.3. The molecule has 0 spiro atoms. The maximum absolute atomic E-state index is 12.1. The van der Waals surface area contributed by atoms with Crippen molar-refractivity contribution in [3.8, 4) is 0 Å². The van der Waals surface area contributed by atoms with Crippen molar-refractivity contribution in [2.75, 3.05) is 5.75 Å². The summed E-state index contributed by atoms with van der Waals surface area (Å²) in [6.07, 6.45) is 0.562. The highest BCUT2D eigenvalue weighted by atomic mass is 32.2. The van der Waals surface area contributed by atoms with Crippen LogP contribution in [0.1, 0.15) is 27.2 Å². The molecule has 1 unspecified atom stereocenters. The lowest BCUT2D eigenvalue weighted by Gasteiger charge is -2.28. The van der Waals surface area contributed by atoms with Gasteiger partial charge in [-0.15, -0.1) is 0 Å². The minimum atomic E-state index is -1.13. The lowest BCUT2D eigenvalue weighted by molar-refractivity contribution is -0.149. The number of hydrogen-bond donors (Lipinski definition) is 1. The van der Waals surface area contributed by atoms with Crippen molar-refractivity contribution in [3.63, 3.8) is 0 Å². The first kappa shape index (κ1) is 13.0. The minimum Gasteiger partial charge on any atom is -0.480 e. The Labute approximate surface area is 98.2 Å². The largest absolute Gasteiger partial charge is 0.480 e. The van der Waals surface area contributed by atoms with Crippen LogP contribution in [0.3, 0.4) is 0 Å². The van der Waals surface area contributed by atoms with Crippen LogP contribution in [0.4, 0.5) is 4.79 Å². The fraction of sp³-hybridized carbons (Fsp3) is 0.700. The molecule has 1 saturated heterocycles. The number of carboxylic acids is 1. The first-order valence-corrected chi connectivity index (χ1v) is 6.03. The molecule has 0 aromatic carbocycles. The van der Waals surface area contributed by atoms with Gasteiger partial charge in [-0.3, -0.25) is 14.5 Å². The van der Waals surface area contributed by atoms with Crippen molar-refractivity contribution in [2.45, 2.75) is 33.2 Å². The first-order valence-electron chi connectivity index (χ1n) is 5.04. The second kappa shape index (κ2) is 4.45. The average Bonchev–Trinajstić information content (AvgIpc) is 2.59. The van der Waals surface area contributed by atoms with Gasteiger partial charge in [-0.2, -0.15) is 0 Å². The molecule has 0 bridgehead atoms. The summed E-state index contributed by atoms with van der Waals surface area (Å²) in [6.45, 7) is 5.26. The number of aliphatic carboxylic acids is 1. The van der Waals surface area contributed by atoms with Gasteiger partial charge in [0.25, 0.3) is 5.24 Å². The number of hydrogen-bond acceptors (Lipinski definition) is 4. The van der Waals surface area contributed by atoms with E-state index in [0.717, 1.165) is 16.7 Å². The third-order valence-electron chi connectivity index (χ3n) is 2.84. The van der Waals surface area contributed by atoms with Crippen molar-refractivity contribution >= 4 is 28.9 Å². The van der Waals surface area contributed by atoms with Gasteiger partial charge in [-0.1, -0.05) is 32.5 Å². The number of carbonyl (C=O) groups is 3. The summed E-state index contributed by atoms with van der Waals surface area (Å²) < 4.78 is 0. The van der Waals surface area contributed by atoms with E-state index in [2.05, 4.69) is 0 Å². The fourth-order valence-corrected chi connectivity index (χ4v) is 2.25. The van der Waals surface area contributed by atoms with Gasteiger partial charge in [0, 0.05) is 11.2 Å². The van der Waals surface area contributed by atoms with Gasteiger partial charge in [0.1, 0.15) is 6.04 Å². The maximum atomic E-state index is 12.1. The second-order valence-electron chi connectivity index (χ2n) is 4.34. The Kier molecular flexibility index (Phi) is 3.62. The molecule has 1 aliphatic heterocycles. The quantitative estimate of drug-likeness (QED) is 0.817. The van der Waals surface area contributed by atoms with Gasteiger partial charge in [0.2, 0.25) is 5.91 Å². The van der Waals surface area contributed by atoms with E-state index in [1.807, 2.05) is 6.92 Å². The Bertz CT molecular complexity index is 340. The van der Waals surface area contributed by atoms with Crippen LogP contribution >= 0.6 is 11.8 Å². The summed E-state index contributed by atoms with van der Waals surface area (Å²) in [7, 11) is 0. The highest BCUT2D eigenvalue weighted by Gasteiger charge is 2.45. The van der Waals surface area contributed by atoms with Gasteiger partial charge >= 0.3 is 5.97 Å². The van der Waals surface area contributed by atoms with Gasteiger partial charge in [0.05, 0.1) is 0 Å². The molecule has 1 heterocycles. The molecule has 16 heavy (non-hydrogen) atoms. The zero-order chi connectivity index (χ0) is 12.5. The highest BCUT2D eigenvalue weighted by molar-refractivity contribution is 8.14. The fourth-order valence-electron chi connectivity index (χ4n) is 1.31. The first-order chi connectivity index (χ1) is 7.31. The number of imide groups is 1. The van der Waals surface area contributed by atoms with Crippen LogP contribution in [0.15, 0.2) is 0 Å². The Hall–Kier alpha value is -1.04. The lowest BCUT2D eigenvalue weighted by atomic mass is 9.88. The van der Waals surface area contributed by atoms with E-state index in [4.69, 9.17) is 5.11 Å². The van der Waals surface area contributed by atoms with Crippen molar-refractivity contribution < 1.29 is 19.5 Å². The molecule has 1 fully saturated rings. The van der Waals surface area contributed by atoms with Gasteiger partial charge < -0.3 is 5.11 Å². The van der Waals surface area contributed by atoms with Crippen LogP contribution in [0.5, 0.6) is 0 Å². The molecule has 1 aliphatic rings. The van der Waals surface area contributed by atoms with Crippen molar-refractivity contribution in [3.05, 3.63) is 0 Å². The van der Waals surface area contributed by atoms with Crippen LogP contribution in [-0.2, 0) is 9.59 Å². The van der Waals surface area contributed by atoms with E-state index in [1.54, 1.807) is 13.8 Å².